The Morgan fingerprint density at radius 1 is 1.15 bits per heavy atom. The third-order valence-electron chi connectivity index (χ3n) is 3.46. The predicted octanol–water partition coefficient (Wildman–Crippen LogP) is 3.29. The minimum absolute atomic E-state index is 0.139. The number of thioether (sulfide) groups is 1. The first-order valence-electron chi connectivity index (χ1n) is 7.12. The van der Waals surface area contributed by atoms with Crippen molar-refractivity contribution in [2.45, 2.75) is 37.0 Å². The molecule has 0 unspecified atom stereocenters. The summed E-state index contributed by atoms with van der Waals surface area (Å²) in [4.78, 5) is 14.8. The van der Waals surface area contributed by atoms with Crippen molar-refractivity contribution in [1.82, 2.24) is 4.90 Å². The van der Waals surface area contributed by atoms with E-state index in [9.17, 15) is 9.18 Å². The molecule has 3 nitrogen and oxygen atoms in total. The van der Waals surface area contributed by atoms with E-state index in [1.165, 1.54) is 43.2 Å². The standard InChI is InChI=1S/C15H21FN2OS/c16-12-8-13(17)10-14(9-12)20-11-15(19)18-6-4-2-1-3-5-7-18/h8-10H,1-7,11,17H2. The number of nitrogens with zero attached hydrogens (tertiary/aromatic N) is 1. The molecule has 2 rings (SSSR count). The number of benzene rings is 1. The Kier molecular flexibility index (Phi) is 5.71. The molecule has 0 atom stereocenters. The minimum Gasteiger partial charge on any atom is -0.399 e. The van der Waals surface area contributed by atoms with E-state index >= 15 is 0 Å². The van der Waals surface area contributed by atoms with Crippen molar-refractivity contribution in [2.24, 2.45) is 0 Å². The van der Waals surface area contributed by atoms with E-state index in [2.05, 4.69) is 0 Å². The van der Waals surface area contributed by atoms with Crippen LogP contribution in [0.2, 0.25) is 0 Å². The molecule has 20 heavy (non-hydrogen) atoms. The molecule has 1 aromatic carbocycles. The fourth-order valence-corrected chi connectivity index (χ4v) is 3.29. The molecular weight excluding hydrogens is 275 g/mol. The van der Waals surface area contributed by atoms with Crippen LogP contribution in [0.4, 0.5) is 10.1 Å². The summed E-state index contributed by atoms with van der Waals surface area (Å²) in [5.41, 5.74) is 5.99. The van der Waals surface area contributed by atoms with Crippen LogP contribution >= 0.6 is 11.8 Å². The number of hydrogen-bond acceptors (Lipinski definition) is 3. The Bertz CT molecular complexity index is 439. The Balaban J connectivity index is 1.87. The first kappa shape index (κ1) is 15.2. The average molecular weight is 296 g/mol. The van der Waals surface area contributed by atoms with Crippen molar-refractivity contribution in [1.29, 1.82) is 0 Å². The molecule has 0 aromatic heterocycles. The van der Waals surface area contributed by atoms with E-state index in [1.807, 2.05) is 4.90 Å². The fraction of sp³-hybridized carbons (Fsp3) is 0.533. The quantitative estimate of drug-likeness (QED) is 0.687. The normalized spacial score (nSPS) is 16.6. The van der Waals surface area contributed by atoms with Gasteiger partial charge in [-0.05, 0) is 31.0 Å². The van der Waals surface area contributed by atoms with Crippen LogP contribution in [0, 0.1) is 5.82 Å². The van der Waals surface area contributed by atoms with Crippen molar-refractivity contribution < 1.29 is 9.18 Å². The molecule has 1 fully saturated rings. The number of likely N-dealkylation sites (tertiary alicyclic amines) is 1. The Labute approximate surface area is 123 Å². The number of rotatable bonds is 3. The molecule has 0 bridgehead atoms. The maximum atomic E-state index is 13.2. The molecule has 0 aliphatic carbocycles. The van der Waals surface area contributed by atoms with E-state index in [0.29, 0.717) is 16.3 Å². The molecule has 1 aromatic rings. The average Bonchev–Trinajstić information content (AvgIpc) is 2.34. The van der Waals surface area contributed by atoms with Crippen molar-refractivity contribution in [2.75, 3.05) is 24.6 Å². The summed E-state index contributed by atoms with van der Waals surface area (Å²) in [6.45, 7) is 1.70. The zero-order valence-electron chi connectivity index (χ0n) is 11.6. The molecule has 1 saturated heterocycles. The number of carbonyl (C=O) groups is 1. The number of amides is 1. The number of halogens is 1. The SMILES string of the molecule is Nc1cc(F)cc(SCC(=O)N2CCCCCCC2)c1. The second kappa shape index (κ2) is 7.53. The highest BCUT2D eigenvalue weighted by atomic mass is 32.2. The first-order chi connectivity index (χ1) is 9.65. The fourth-order valence-electron chi connectivity index (χ4n) is 2.40. The molecular formula is C15H21FN2OS. The lowest BCUT2D eigenvalue weighted by Crippen LogP contribution is -2.35. The lowest BCUT2D eigenvalue weighted by molar-refractivity contribution is -0.128. The van der Waals surface area contributed by atoms with Gasteiger partial charge in [0.1, 0.15) is 5.82 Å². The van der Waals surface area contributed by atoms with Crippen LogP contribution in [0.25, 0.3) is 0 Å². The highest BCUT2D eigenvalue weighted by Gasteiger charge is 2.15. The van der Waals surface area contributed by atoms with Crippen molar-refractivity contribution in [3.63, 3.8) is 0 Å². The van der Waals surface area contributed by atoms with E-state index < -0.39 is 0 Å². The first-order valence-corrected chi connectivity index (χ1v) is 8.10. The van der Waals surface area contributed by atoms with Crippen molar-refractivity contribution in [3.05, 3.63) is 24.0 Å². The Morgan fingerprint density at radius 3 is 2.45 bits per heavy atom. The molecule has 1 amide bonds. The van der Waals surface area contributed by atoms with Gasteiger partial charge in [-0.2, -0.15) is 0 Å². The Hall–Kier alpha value is -1.23. The summed E-state index contributed by atoms with van der Waals surface area (Å²) in [5, 5.41) is 0. The summed E-state index contributed by atoms with van der Waals surface area (Å²) in [6.07, 6.45) is 5.86. The zero-order chi connectivity index (χ0) is 14.4. The number of anilines is 1. The second-order valence-corrected chi connectivity index (χ2v) is 6.21. The Morgan fingerprint density at radius 2 is 1.80 bits per heavy atom. The molecule has 1 aliphatic heterocycles. The van der Waals surface area contributed by atoms with Crippen LogP contribution in [0.3, 0.4) is 0 Å². The topological polar surface area (TPSA) is 46.3 Å². The monoisotopic (exact) mass is 296 g/mol. The molecule has 5 heteroatoms. The van der Waals surface area contributed by atoms with Crippen LogP contribution in [0.5, 0.6) is 0 Å². The van der Waals surface area contributed by atoms with Gasteiger partial charge in [-0.3, -0.25) is 4.79 Å². The third kappa shape index (κ3) is 4.71. The van der Waals surface area contributed by atoms with Gasteiger partial charge in [-0.25, -0.2) is 4.39 Å². The van der Waals surface area contributed by atoms with Crippen LogP contribution < -0.4 is 5.73 Å². The van der Waals surface area contributed by atoms with Crippen LogP contribution in [-0.2, 0) is 4.79 Å². The number of hydrogen-bond donors (Lipinski definition) is 1. The highest BCUT2D eigenvalue weighted by molar-refractivity contribution is 8.00. The van der Waals surface area contributed by atoms with E-state index in [4.69, 9.17) is 5.73 Å². The highest BCUT2D eigenvalue weighted by Crippen LogP contribution is 2.23. The molecule has 1 heterocycles. The molecule has 0 spiro atoms. The predicted molar refractivity (Wildman–Crippen MR) is 81.2 cm³/mol. The van der Waals surface area contributed by atoms with Crippen molar-refractivity contribution in [3.8, 4) is 0 Å². The molecule has 2 N–H and O–H groups in total. The van der Waals surface area contributed by atoms with E-state index in [-0.39, 0.29) is 11.7 Å². The van der Waals surface area contributed by atoms with Crippen molar-refractivity contribution >= 4 is 23.4 Å². The van der Waals surface area contributed by atoms with Gasteiger partial charge in [0.05, 0.1) is 5.75 Å². The second-order valence-electron chi connectivity index (χ2n) is 5.16. The molecule has 1 aliphatic rings. The van der Waals surface area contributed by atoms with E-state index in [0.717, 1.165) is 25.9 Å². The van der Waals surface area contributed by atoms with Gasteiger partial charge in [0.15, 0.2) is 0 Å². The number of nitrogen functional groups attached to an aromatic ring is 1. The van der Waals surface area contributed by atoms with Gasteiger partial charge in [-0.1, -0.05) is 19.3 Å². The smallest absolute Gasteiger partial charge is 0.232 e. The third-order valence-corrected chi connectivity index (χ3v) is 4.43. The summed E-state index contributed by atoms with van der Waals surface area (Å²) < 4.78 is 13.2. The number of carbonyl (C=O) groups excluding carboxylic acids is 1. The molecule has 0 radical (unpaired) electrons. The maximum absolute atomic E-state index is 13.2. The van der Waals surface area contributed by atoms with Gasteiger partial charge in [0, 0.05) is 23.7 Å². The zero-order valence-corrected chi connectivity index (χ0v) is 12.4. The largest absolute Gasteiger partial charge is 0.399 e. The van der Waals surface area contributed by atoms with Crippen LogP contribution in [-0.4, -0.2) is 29.6 Å². The summed E-state index contributed by atoms with van der Waals surface area (Å²) in [7, 11) is 0. The summed E-state index contributed by atoms with van der Waals surface area (Å²) in [6, 6.07) is 4.40. The summed E-state index contributed by atoms with van der Waals surface area (Å²) >= 11 is 1.35. The lowest BCUT2D eigenvalue weighted by Gasteiger charge is -2.24. The molecule has 0 saturated carbocycles. The summed E-state index contributed by atoms with van der Waals surface area (Å²) in [5.74, 6) is 0.133. The van der Waals surface area contributed by atoms with Gasteiger partial charge in [-0.15, -0.1) is 11.8 Å². The van der Waals surface area contributed by atoms with Gasteiger partial charge in [0.2, 0.25) is 5.91 Å². The van der Waals surface area contributed by atoms with E-state index in [1.54, 1.807) is 6.07 Å². The minimum atomic E-state index is -0.355. The maximum Gasteiger partial charge on any atom is 0.232 e. The van der Waals surface area contributed by atoms with Crippen LogP contribution in [0.1, 0.15) is 32.1 Å². The van der Waals surface area contributed by atoms with Gasteiger partial charge in [0.25, 0.3) is 0 Å². The van der Waals surface area contributed by atoms with Crippen LogP contribution in [0.15, 0.2) is 23.1 Å². The van der Waals surface area contributed by atoms with Gasteiger partial charge >= 0.3 is 0 Å². The lowest BCUT2D eigenvalue weighted by atomic mass is 10.1. The number of nitrogens with two attached hydrogens (primary N) is 1. The van der Waals surface area contributed by atoms with Gasteiger partial charge < -0.3 is 10.6 Å². The molecule has 110 valence electrons.